The molecule has 2 aromatic carbocycles. The second-order valence-electron chi connectivity index (χ2n) is 9.13. The molecule has 3 rings (SSSR count). The van der Waals surface area contributed by atoms with E-state index in [9.17, 15) is 9.90 Å². The van der Waals surface area contributed by atoms with Crippen LogP contribution in [-0.2, 0) is 11.3 Å². The Bertz CT molecular complexity index is 1250. The van der Waals surface area contributed by atoms with Crippen LogP contribution in [0.25, 0.3) is 0 Å². The highest BCUT2D eigenvalue weighted by atomic mass is 35.5. The average molecular weight is 527 g/mol. The quantitative estimate of drug-likeness (QED) is 0.172. The molecule has 0 atom stereocenters. The van der Waals surface area contributed by atoms with E-state index in [1.54, 1.807) is 39.1 Å². The first-order chi connectivity index (χ1) is 17.6. The SMILES string of the molecule is CCNc1cccc(Oc2ccc(N=C(N)c3c(NC)ccn3CCNC(=O)CC(C)(C)O)cc2Cl)c1. The molecule has 0 saturated heterocycles. The minimum atomic E-state index is -1.06. The van der Waals surface area contributed by atoms with E-state index in [1.807, 2.05) is 48.0 Å². The summed E-state index contributed by atoms with van der Waals surface area (Å²) in [6.07, 6.45) is 1.90. The van der Waals surface area contributed by atoms with E-state index in [0.717, 1.165) is 17.9 Å². The molecule has 1 aromatic heterocycles. The van der Waals surface area contributed by atoms with E-state index >= 15 is 0 Å². The van der Waals surface area contributed by atoms with Crippen LogP contribution >= 0.6 is 11.6 Å². The zero-order valence-electron chi connectivity index (χ0n) is 21.6. The molecule has 0 fully saturated rings. The maximum absolute atomic E-state index is 12.0. The van der Waals surface area contributed by atoms with Gasteiger partial charge in [0.15, 0.2) is 0 Å². The van der Waals surface area contributed by atoms with Crippen molar-refractivity contribution in [2.45, 2.75) is 39.3 Å². The van der Waals surface area contributed by atoms with Gasteiger partial charge in [-0.25, -0.2) is 4.99 Å². The zero-order chi connectivity index (χ0) is 27.0. The summed E-state index contributed by atoms with van der Waals surface area (Å²) in [4.78, 5) is 16.6. The van der Waals surface area contributed by atoms with Gasteiger partial charge in [-0.1, -0.05) is 17.7 Å². The number of hydrogen-bond donors (Lipinski definition) is 5. The lowest BCUT2D eigenvalue weighted by atomic mass is 10.1. The van der Waals surface area contributed by atoms with Crippen LogP contribution in [0.3, 0.4) is 0 Å². The molecule has 0 saturated carbocycles. The van der Waals surface area contributed by atoms with Crippen molar-refractivity contribution in [1.82, 2.24) is 9.88 Å². The minimum absolute atomic E-state index is 0.0262. The third-order valence-electron chi connectivity index (χ3n) is 5.35. The van der Waals surface area contributed by atoms with E-state index in [-0.39, 0.29) is 12.3 Å². The Morgan fingerprint density at radius 1 is 1.22 bits per heavy atom. The van der Waals surface area contributed by atoms with Crippen molar-refractivity contribution in [3.8, 4) is 11.5 Å². The number of nitrogens with one attached hydrogen (secondary N) is 3. The predicted molar refractivity (Wildman–Crippen MR) is 150 cm³/mol. The molecule has 0 bridgehead atoms. The largest absolute Gasteiger partial charge is 0.456 e. The first-order valence-corrected chi connectivity index (χ1v) is 12.5. The number of aliphatic imine (C=N–C) groups is 1. The standard InChI is InChI=1S/C27H35ClN6O3/c1-5-31-18-7-6-8-20(15-18)37-23-10-9-19(16-21(23)28)33-26(29)25-22(30-4)11-13-34(25)14-12-32-24(35)17-27(2,3)36/h6-11,13,15-16,30-31,36H,5,12,14,17H2,1-4H3,(H2,29,33)(H,32,35). The number of anilines is 2. The number of aromatic nitrogens is 1. The number of amidine groups is 1. The van der Waals surface area contributed by atoms with Crippen molar-refractivity contribution < 1.29 is 14.6 Å². The molecule has 9 nitrogen and oxygen atoms in total. The highest BCUT2D eigenvalue weighted by Gasteiger charge is 2.18. The number of carbonyl (C=O) groups is 1. The number of rotatable bonds is 12. The third kappa shape index (κ3) is 8.16. The van der Waals surface area contributed by atoms with Gasteiger partial charge in [-0.2, -0.15) is 0 Å². The van der Waals surface area contributed by atoms with E-state index in [2.05, 4.69) is 20.9 Å². The predicted octanol–water partition coefficient (Wildman–Crippen LogP) is 4.72. The van der Waals surface area contributed by atoms with Crippen LogP contribution in [0.1, 0.15) is 32.9 Å². The van der Waals surface area contributed by atoms with Gasteiger partial charge in [-0.05, 0) is 57.2 Å². The lowest BCUT2D eigenvalue weighted by Crippen LogP contribution is -2.34. The summed E-state index contributed by atoms with van der Waals surface area (Å²) >= 11 is 6.50. The first kappa shape index (κ1) is 27.9. The zero-order valence-corrected chi connectivity index (χ0v) is 22.4. The maximum atomic E-state index is 12.0. The summed E-state index contributed by atoms with van der Waals surface area (Å²) in [7, 11) is 1.80. The van der Waals surface area contributed by atoms with Gasteiger partial charge < -0.3 is 36.1 Å². The summed E-state index contributed by atoms with van der Waals surface area (Å²) in [6.45, 7) is 6.89. The summed E-state index contributed by atoms with van der Waals surface area (Å²) in [5.41, 5.74) is 8.38. The summed E-state index contributed by atoms with van der Waals surface area (Å²) in [6, 6.07) is 14.8. The van der Waals surface area contributed by atoms with E-state index in [0.29, 0.717) is 46.8 Å². The Balaban J connectivity index is 1.73. The smallest absolute Gasteiger partial charge is 0.222 e. The molecule has 0 radical (unpaired) electrons. The molecule has 1 heterocycles. The molecule has 198 valence electrons. The second-order valence-corrected chi connectivity index (χ2v) is 9.54. The molecule has 37 heavy (non-hydrogen) atoms. The lowest BCUT2D eigenvalue weighted by molar-refractivity contribution is -0.124. The molecular formula is C27H35ClN6O3. The first-order valence-electron chi connectivity index (χ1n) is 12.1. The normalized spacial score (nSPS) is 11.8. The highest BCUT2D eigenvalue weighted by molar-refractivity contribution is 6.32. The van der Waals surface area contributed by atoms with Crippen molar-refractivity contribution in [2.75, 3.05) is 30.8 Å². The fourth-order valence-electron chi connectivity index (χ4n) is 3.75. The van der Waals surface area contributed by atoms with Gasteiger partial charge in [0.1, 0.15) is 23.0 Å². The van der Waals surface area contributed by atoms with Gasteiger partial charge in [-0.3, -0.25) is 4.79 Å². The van der Waals surface area contributed by atoms with Gasteiger partial charge in [0.05, 0.1) is 28.4 Å². The van der Waals surface area contributed by atoms with Crippen LogP contribution in [0.15, 0.2) is 59.7 Å². The summed E-state index contributed by atoms with van der Waals surface area (Å²) in [5.74, 6) is 1.25. The van der Waals surface area contributed by atoms with Crippen molar-refractivity contribution in [3.63, 3.8) is 0 Å². The maximum Gasteiger partial charge on any atom is 0.222 e. The van der Waals surface area contributed by atoms with Crippen molar-refractivity contribution >= 4 is 40.4 Å². The number of hydrogen-bond acceptors (Lipinski definition) is 6. The number of aliphatic hydroxyl groups is 1. The monoisotopic (exact) mass is 526 g/mol. The van der Waals surface area contributed by atoms with Crippen LogP contribution in [0.4, 0.5) is 17.1 Å². The molecule has 0 spiro atoms. The van der Waals surface area contributed by atoms with Crippen molar-refractivity contribution in [1.29, 1.82) is 0 Å². The van der Waals surface area contributed by atoms with Gasteiger partial charge >= 0.3 is 0 Å². The average Bonchev–Trinajstić information content (AvgIpc) is 3.23. The second kappa shape index (κ2) is 12.5. The van der Waals surface area contributed by atoms with Crippen molar-refractivity contribution in [2.24, 2.45) is 10.7 Å². The molecule has 0 aliphatic carbocycles. The Kier molecular flexibility index (Phi) is 9.43. The number of amides is 1. The van der Waals surface area contributed by atoms with Crippen molar-refractivity contribution in [3.05, 3.63) is 65.4 Å². The molecular weight excluding hydrogens is 492 g/mol. The minimum Gasteiger partial charge on any atom is -0.456 e. The highest BCUT2D eigenvalue weighted by Crippen LogP contribution is 2.33. The molecule has 6 N–H and O–H groups in total. The fraction of sp³-hybridized carbons (Fsp3) is 0.333. The Hall–Kier alpha value is -3.69. The van der Waals surface area contributed by atoms with Crippen LogP contribution in [0, 0.1) is 0 Å². The molecule has 0 aliphatic rings. The number of halogens is 1. The van der Waals surface area contributed by atoms with Gasteiger partial charge in [-0.15, -0.1) is 0 Å². The molecule has 0 aliphatic heterocycles. The van der Waals surface area contributed by atoms with Crippen LogP contribution in [-0.4, -0.2) is 47.2 Å². The molecule has 10 heteroatoms. The third-order valence-corrected chi connectivity index (χ3v) is 5.65. The van der Waals surface area contributed by atoms with E-state index < -0.39 is 5.60 Å². The van der Waals surface area contributed by atoms with Crippen LogP contribution in [0.2, 0.25) is 5.02 Å². The van der Waals surface area contributed by atoms with Gasteiger partial charge in [0.25, 0.3) is 0 Å². The Morgan fingerprint density at radius 2 is 2.00 bits per heavy atom. The molecule has 3 aromatic rings. The number of nitrogens with two attached hydrogens (primary N) is 1. The van der Waals surface area contributed by atoms with Crippen LogP contribution < -0.4 is 26.4 Å². The number of ether oxygens (including phenoxy) is 1. The molecule has 0 unspecified atom stereocenters. The Labute approximate surface area is 222 Å². The number of carbonyl (C=O) groups excluding carboxylic acids is 1. The number of benzene rings is 2. The van der Waals surface area contributed by atoms with Crippen LogP contribution in [0.5, 0.6) is 11.5 Å². The van der Waals surface area contributed by atoms with E-state index in [4.69, 9.17) is 22.1 Å². The number of nitrogens with zero attached hydrogens (tertiary/aromatic N) is 2. The van der Waals surface area contributed by atoms with Gasteiger partial charge in [0.2, 0.25) is 5.91 Å². The summed E-state index contributed by atoms with van der Waals surface area (Å²) in [5, 5.41) is 19.4. The van der Waals surface area contributed by atoms with E-state index in [1.165, 1.54) is 0 Å². The lowest BCUT2D eigenvalue weighted by Gasteiger charge is -2.17. The molecule has 1 amide bonds. The van der Waals surface area contributed by atoms with Gasteiger partial charge in [0, 0.05) is 44.6 Å². The Morgan fingerprint density at radius 3 is 2.68 bits per heavy atom. The fourth-order valence-corrected chi connectivity index (χ4v) is 3.97. The topological polar surface area (TPSA) is 126 Å². The summed E-state index contributed by atoms with van der Waals surface area (Å²) < 4.78 is 7.87.